The molecule has 3 nitrogen and oxygen atoms in total. The predicted octanol–water partition coefficient (Wildman–Crippen LogP) is 3.26. The Morgan fingerprint density at radius 2 is 2.00 bits per heavy atom. The first-order valence-electron chi connectivity index (χ1n) is 6.75. The number of aryl methyl sites for hydroxylation is 1. The Morgan fingerprint density at radius 1 is 1.15 bits per heavy atom. The third-order valence-electron chi connectivity index (χ3n) is 2.87. The van der Waals surface area contributed by atoms with Crippen LogP contribution in [0.15, 0.2) is 53.1 Å². The quantitative estimate of drug-likeness (QED) is 0.758. The van der Waals surface area contributed by atoms with E-state index >= 15 is 0 Å². The number of carbonyl (C=O) groups is 1. The second-order valence-corrected chi connectivity index (χ2v) is 5.60. The van der Waals surface area contributed by atoms with Crippen LogP contribution in [0.3, 0.4) is 0 Å². The summed E-state index contributed by atoms with van der Waals surface area (Å²) >= 11 is 1.68. The van der Waals surface area contributed by atoms with Crippen LogP contribution in [0.1, 0.15) is 17.7 Å². The third-order valence-corrected chi connectivity index (χ3v) is 3.91. The summed E-state index contributed by atoms with van der Waals surface area (Å²) in [5.41, 5.74) is 1.36. The lowest BCUT2D eigenvalue weighted by Crippen LogP contribution is -2.24. The van der Waals surface area contributed by atoms with E-state index in [1.165, 1.54) is 5.56 Å². The van der Waals surface area contributed by atoms with Gasteiger partial charge in [-0.15, -0.1) is 0 Å². The van der Waals surface area contributed by atoms with E-state index < -0.39 is 0 Å². The van der Waals surface area contributed by atoms with Crippen molar-refractivity contribution in [1.82, 2.24) is 5.32 Å². The molecule has 0 bridgehead atoms. The van der Waals surface area contributed by atoms with Crippen LogP contribution in [0.4, 0.5) is 0 Å². The molecule has 2 rings (SSSR count). The zero-order valence-electron chi connectivity index (χ0n) is 11.4. The Morgan fingerprint density at radius 3 is 2.75 bits per heavy atom. The van der Waals surface area contributed by atoms with Crippen molar-refractivity contribution in [1.29, 1.82) is 0 Å². The van der Waals surface area contributed by atoms with Crippen LogP contribution in [0, 0.1) is 0 Å². The topological polar surface area (TPSA) is 42.2 Å². The fourth-order valence-corrected chi connectivity index (χ4v) is 2.62. The van der Waals surface area contributed by atoms with Crippen LogP contribution in [-0.2, 0) is 17.8 Å². The number of hydrogen-bond acceptors (Lipinski definition) is 3. The van der Waals surface area contributed by atoms with E-state index in [0.29, 0.717) is 12.3 Å². The number of rotatable bonds is 8. The molecule has 106 valence electrons. The van der Waals surface area contributed by atoms with Crippen molar-refractivity contribution in [3.05, 3.63) is 60.1 Å². The monoisotopic (exact) mass is 289 g/mol. The van der Waals surface area contributed by atoms with Gasteiger partial charge in [0.1, 0.15) is 5.76 Å². The Bertz CT molecular complexity index is 496. The van der Waals surface area contributed by atoms with Crippen molar-refractivity contribution in [2.45, 2.75) is 19.4 Å². The molecule has 1 aromatic heterocycles. The van der Waals surface area contributed by atoms with E-state index in [1.807, 2.05) is 18.2 Å². The Hall–Kier alpha value is -1.68. The minimum absolute atomic E-state index is 0.0612. The Kier molecular flexibility index (Phi) is 6.24. The fourth-order valence-electron chi connectivity index (χ4n) is 1.84. The van der Waals surface area contributed by atoms with Crippen LogP contribution >= 0.6 is 11.8 Å². The van der Waals surface area contributed by atoms with Crippen LogP contribution in [0.25, 0.3) is 0 Å². The first-order chi connectivity index (χ1) is 9.84. The lowest BCUT2D eigenvalue weighted by Gasteiger charge is -2.04. The van der Waals surface area contributed by atoms with Gasteiger partial charge in [-0.1, -0.05) is 30.3 Å². The van der Waals surface area contributed by atoms with Gasteiger partial charge in [0.15, 0.2) is 0 Å². The zero-order valence-corrected chi connectivity index (χ0v) is 12.2. The maximum Gasteiger partial charge on any atom is 0.230 e. The van der Waals surface area contributed by atoms with Crippen molar-refractivity contribution in [3.63, 3.8) is 0 Å². The van der Waals surface area contributed by atoms with Gasteiger partial charge in [0.2, 0.25) is 5.91 Å². The van der Waals surface area contributed by atoms with Gasteiger partial charge in [-0.3, -0.25) is 4.79 Å². The lowest BCUT2D eigenvalue weighted by atomic mass is 10.1. The molecule has 1 amide bonds. The summed E-state index contributed by atoms with van der Waals surface area (Å²) in [7, 11) is 0. The van der Waals surface area contributed by atoms with Gasteiger partial charge in [-0.25, -0.2) is 0 Å². The molecule has 2 aromatic rings. The number of carbonyl (C=O) groups excluding carboxylic acids is 1. The average Bonchev–Trinajstić information content (AvgIpc) is 2.99. The second kappa shape index (κ2) is 8.48. The van der Waals surface area contributed by atoms with Gasteiger partial charge in [-0.2, -0.15) is 11.8 Å². The molecular weight excluding hydrogens is 270 g/mol. The van der Waals surface area contributed by atoms with E-state index in [9.17, 15) is 4.79 Å². The molecule has 0 aliphatic heterocycles. The highest BCUT2D eigenvalue weighted by Crippen LogP contribution is 2.08. The summed E-state index contributed by atoms with van der Waals surface area (Å²) in [6.45, 7) is 0.469. The van der Waals surface area contributed by atoms with E-state index in [0.717, 1.165) is 24.4 Å². The summed E-state index contributed by atoms with van der Waals surface area (Å²) < 4.78 is 5.15. The number of thioether (sulfide) groups is 1. The average molecular weight is 289 g/mol. The standard InChI is InChI=1S/C16H19NO2S/c18-16(17-12-15-9-4-10-19-15)13-20-11-5-8-14-6-2-1-3-7-14/h1-4,6-7,9-10H,5,8,11-13H2,(H,17,18). The lowest BCUT2D eigenvalue weighted by molar-refractivity contribution is -0.118. The molecule has 0 saturated heterocycles. The van der Waals surface area contributed by atoms with Crippen LogP contribution in [0.5, 0.6) is 0 Å². The Balaban J connectivity index is 1.51. The smallest absolute Gasteiger partial charge is 0.230 e. The van der Waals surface area contributed by atoms with E-state index in [4.69, 9.17) is 4.42 Å². The van der Waals surface area contributed by atoms with Crippen LogP contribution < -0.4 is 5.32 Å². The van der Waals surface area contributed by atoms with Gasteiger partial charge in [0, 0.05) is 0 Å². The molecule has 0 aliphatic carbocycles. The second-order valence-electron chi connectivity index (χ2n) is 4.50. The van der Waals surface area contributed by atoms with Crippen molar-refractivity contribution >= 4 is 17.7 Å². The number of hydrogen-bond donors (Lipinski definition) is 1. The third kappa shape index (κ3) is 5.53. The highest BCUT2D eigenvalue weighted by atomic mass is 32.2. The molecule has 0 spiro atoms. The minimum atomic E-state index is 0.0612. The largest absolute Gasteiger partial charge is 0.467 e. The summed E-state index contributed by atoms with van der Waals surface area (Å²) in [6, 6.07) is 14.1. The maximum absolute atomic E-state index is 11.6. The SMILES string of the molecule is O=C(CSCCCc1ccccc1)NCc1ccco1. The highest BCUT2D eigenvalue weighted by Gasteiger charge is 2.02. The van der Waals surface area contributed by atoms with Crippen molar-refractivity contribution in [2.24, 2.45) is 0 Å². The molecule has 20 heavy (non-hydrogen) atoms. The van der Waals surface area contributed by atoms with E-state index in [-0.39, 0.29) is 5.91 Å². The Labute approximate surface area is 123 Å². The summed E-state index contributed by atoms with van der Waals surface area (Å²) in [6.07, 6.45) is 3.78. The first kappa shape index (κ1) is 14.7. The summed E-state index contributed by atoms with van der Waals surface area (Å²) in [5.74, 6) is 2.36. The number of benzene rings is 1. The molecule has 0 unspecified atom stereocenters. The molecule has 1 aromatic carbocycles. The normalized spacial score (nSPS) is 10.4. The molecule has 1 heterocycles. The predicted molar refractivity (Wildman–Crippen MR) is 82.6 cm³/mol. The maximum atomic E-state index is 11.6. The van der Waals surface area contributed by atoms with Crippen LogP contribution in [-0.4, -0.2) is 17.4 Å². The molecule has 4 heteroatoms. The molecular formula is C16H19NO2S. The van der Waals surface area contributed by atoms with Crippen LogP contribution in [0.2, 0.25) is 0 Å². The van der Waals surface area contributed by atoms with Gasteiger partial charge >= 0.3 is 0 Å². The molecule has 0 fully saturated rings. The first-order valence-corrected chi connectivity index (χ1v) is 7.91. The van der Waals surface area contributed by atoms with Gasteiger partial charge in [-0.05, 0) is 36.3 Å². The molecule has 0 atom stereocenters. The fraction of sp³-hybridized carbons (Fsp3) is 0.312. The number of amides is 1. The number of furan rings is 1. The summed E-state index contributed by atoms with van der Waals surface area (Å²) in [5, 5.41) is 2.84. The van der Waals surface area contributed by atoms with E-state index in [1.54, 1.807) is 18.0 Å². The summed E-state index contributed by atoms with van der Waals surface area (Å²) in [4.78, 5) is 11.6. The number of nitrogens with one attached hydrogen (secondary N) is 1. The van der Waals surface area contributed by atoms with Crippen molar-refractivity contribution in [3.8, 4) is 0 Å². The van der Waals surface area contributed by atoms with Gasteiger partial charge in [0.05, 0.1) is 18.6 Å². The molecule has 0 aliphatic rings. The molecule has 1 N–H and O–H groups in total. The minimum Gasteiger partial charge on any atom is -0.467 e. The van der Waals surface area contributed by atoms with Crippen molar-refractivity contribution < 1.29 is 9.21 Å². The molecule has 0 saturated carbocycles. The molecule has 0 radical (unpaired) electrons. The zero-order chi connectivity index (χ0) is 14.0. The van der Waals surface area contributed by atoms with Crippen molar-refractivity contribution in [2.75, 3.05) is 11.5 Å². The van der Waals surface area contributed by atoms with Gasteiger partial charge < -0.3 is 9.73 Å². The highest BCUT2D eigenvalue weighted by molar-refractivity contribution is 7.99. The van der Waals surface area contributed by atoms with Gasteiger partial charge in [0.25, 0.3) is 0 Å². The van der Waals surface area contributed by atoms with E-state index in [2.05, 4.69) is 29.6 Å².